The van der Waals surface area contributed by atoms with Crippen molar-refractivity contribution in [2.45, 2.75) is 122 Å². The molecule has 0 saturated heterocycles. The van der Waals surface area contributed by atoms with Gasteiger partial charge in [0, 0.05) is 6.42 Å². The van der Waals surface area contributed by atoms with Crippen LogP contribution in [0.1, 0.15) is 110 Å². The summed E-state index contributed by atoms with van der Waals surface area (Å²) < 4.78 is 9.57. The number of carbonyl (C=O) groups excluding carboxylic acids is 2. The van der Waals surface area contributed by atoms with E-state index in [2.05, 4.69) is 11.7 Å². The quantitative estimate of drug-likeness (QED) is 0.181. The van der Waals surface area contributed by atoms with Crippen molar-refractivity contribution in [1.29, 1.82) is 0 Å². The predicted octanol–water partition coefficient (Wildman–Crippen LogP) is 5.41. The predicted molar refractivity (Wildman–Crippen MR) is 119 cm³/mol. The fourth-order valence-corrected chi connectivity index (χ4v) is 3.71. The average molecular weight is 443 g/mol. The van der Waals surface area contributed by atoms with E-state index in [-0.39, 0.29) is 6.42 Å². The lowest BCUT2D eigenvalue weighted by molar-refractivity contribution is -0.154. The number of esters is 2. The Morgan fingerprint density at radius 2 is 1.32 bits per heavy atom. The first-order valence-electron chi connectivity index (χ1n) is 12.1. The Hall–Kier alpha value is -1.76. The van der Waals surface area contributed by atoms with Crippen LogP contribution in [0, 0.1) is 0 Å². The minimum Gasteiger partial charge on any atom is -0.505 e. The van der Waals surface area contributed by atoms with Crippen LogP contribution >= 0.6 is 0 Å². The van der Waals surface area contributed by atoms with Crippen molar-refractivity contribution in [2.75, 3.05) is 6.61 Å². The lowest BCUT2D eigenvalue weighted by Crippen LogP contribution is -2.33. The normalized spacial score (nSPS) is 17.1. The van der Waals surface area contributed by atoms with Crippen LogP contribution in [0.15, 0.2) is 11.5 Å². The molecule has 7 heteroatoms. The second kappa shape index (κ2) is 16.9. The van der Waals surface area contributed by atoms with Crippen molar-refractivity contribution in [3.63, 3.8) is 0 Å². The summed E-state index contributed by atoms with van der Waals surface area (Å²) >= 11 is 0. The minimum absolute atomic E-state index is 0.266. The molecular formula is C24H42O7. The average Bonchev–Trinajstić information content (AvgIpc) is 3.02. The highest BCUT2D eigenvalue weighted by Gasteiger charge is 2.39. The van der Waals surface area contributed by atoms with Crippen molar-refractivity contribution in [3.05, 3.63) is 11.5 Å². The fourth-order valence-electron chi connectivity index (χ4n) is 3.71. The van der Waals surface area contributed by atoms with Gasteiger partial charge in [-0.25, -0.2) is 4.79 Å². The monoisotopic (exact) mass is 442 g/mol. The summed E-state index contributed by atoms with van der Waals surface area (Å²) in [5.41, 5.74) is 0. The number of ether oxygens (including phenoxy) is 2. The molecule has 180 valence electrons. The molecule has 0 saturated carbocycles. The van der Waals surface area contributed by atoms with Gasteiger partial charge in [0.2, 0.25) is 5.76 Å². The van der Waals surface area contributed by atoms with Gasteiger partial charge >= 0.3 is 11.9 Å². The molecule has 0 unspecified atom stereocenters. The molecule has 1 heterocycles. The summed E-state index contributed by atoms with van der Waals surface area (Å²) in [6, 6.07) is 0. The maximum Gasteiger partial charge on any atom is 0.377 e. The van der Waals surface area contributed by atoms with Crippen molar-refractivity contribution >= 4 is 11.9 Å². The number of rotatable bonds is 19. The fraction of sp³-hybridized carbons (Fsp3) is 0.833. The third-order valence-corrected chi connectivity index (χ3v) is 5.69. The van der Waals surface area contributed by atoms with E-state index in [1.807, 2.05) is 0 Å². The molecule has 0 bridgehead atoms. The maximum absolute atomic E-state index is 11.7. The van der Waals surface area contributed by atoms with Gasteiger partial charge in [0.15, 0.2) is 11.9 Å². The third-order valence-electron chi connectivity index (χ3n) is 5.69. The van der Waals surface area contributed by atoms with Crippen LogP contribution in [-0.4, -0.2) is 46.1 Å². The number of carbonyl (C=O) groups is 2. The van der Waals surface area contributed by atoms with Gasteiger partial charge in [-0.15, -0.1) is 0 Å². The molecule has 7 nitrogen and oxygen atoms in total. The van der Waals surface area contributed by atoms with Crippen molar-refractivity contribution in [3.8, 4) is 0 Å². The number of aliphatic hydroxyl groups is 3. The second-order valence-electron chi connectivity index (χ2n) is 8.51. The number of hydrogen-bond donors (Lipinski definition) is 3. The standard InChI is InChI=1S/C24H42O7/c1-2-3-4-5-6-7-8-9-10-11-12-13-14-15-16-17-20(26)30-18-19(25)23-21(27)22(28)24(29)31-23/h19,23,25,27-28H,2-18H2,1H3/t19-,23-/m1/s1. The van der Waals surface area contributed by atoms with E-state index in [4.69, 9.17) is 4.74 Å². The van der Waals surface area contributed by atoms with Crippen LogP contribution in [0.5, 0.6) is 0 Å². The van der Waals surface area contributed by atoms with Gasteiger partial charge < -0.3 is 24.8 Å². The highest BCUT2D eigenvalue weighted by molar-refractivity contribution is 5.89. The molecular weight excluding hydrogens is 400 g/mol. The molecule has 0 aromatic heterocycles. The summed E-state index contributed by atoms with van der Waals surface area (Å²) in [5.74, 6) is -3.21. The topological polar surface area (TPSA) is 113 Å². The van der Waals surface area contributed by atoms with E-state index in [0.29, 0.717) is 0 Å². The Bertz CT molecular complexity index is 544. The molecule has 0 aromatic rings. The highest BCUT2D eigenvalue weighted by Crippen LogP contribution is 2.21. The van der Waals surface area contributed by atoms with Crippen LogP contribution in [-0.2, 0) is 19.1 Å². The molecule has 0 amide bonds. The van der Waals surface area contributed by atoms with Crippen molar-refractivity contribution in [2.24, 2.45) is 0 Å². The number of hydrogen-bond acceptors (Lipinski definition) is 7. The Kier molecular flexibility index (Phi) is 14.8. The molecule has 2 atom stereocenters. The van der Waals surface area contributed by atoms with Gasteiger partial charge in [0.25, 0.3) is 0 Å². The van der Waals surface area contributed by atoms with Gasteiger partial charge in [-0.1, -0.05) is 96.8 Å². The lowest BCUT2D eigenvalue weighted by Gasteiger charge is -2.17. The molecule has 1 aliphatic rings. The van der Waals surface area contributed by atoms with Crippen LogP contribution in [0.3, 0.4) is 0 Å². The molecule has 1 aliphatic heterocycles. The molecule has 31 heavy (non-hydrogen) atoms. The van der Waals surface area contributed by atoms with E-state index in [1.165, 1.54) is 77.0 Å². The summed E-state index contributed by atoms with van der Waals surface area (Å²) in [4.78, 5) is 22.8. The van der Waals surface area contributed by atoms with Gasteiger partial charge in [-0.2, -0.15) is 0 Å². The third kappa shape index (κ3) is 12.0. The first-order valence-corrected chi connectivity index (χ1v) is 12.1. The summed E-state index contributed by atoms with van der Waals surface area (Å²) in [6.45, 7) is 1.84. The van der Waals surface area contributed by atoms with E-state index in [9.17, 15) is 24.9 Å². The first kappa shape index (κ1) is 27.3. The minimum atomic E-state index is -1.42. The summed E-state index contributed by atoms with van der Waals surface area (Å²) in [7, 11) is 0. The molecule has 0 spiro atoms. The van der Waals surface area contributed by atoms with Crippen LogP contribution in [0.4, 0.5) is 0 Å². The second-order valence-corrected chi connectivity index (χ2v) is 8.51. The maximum atomic E-state index is 11.7. The number of aliphatic hydroxyl groups excluding tert-OH is 3. The van der Waals surface area contributed by atoms with Crippen LogP contribution in [0.2, 0.25) is 0 Å². The number of unbranched alkanes of at least 4 members (excludes halogenated alkanes) is 14. The molecule has 0 aromatic carbocycles. The Morgan fingerprint density at radius 3 is 1.74 bits per heavy atom. The smallest absolute Gasteiger partial charge is 0.377 e. The SMILES string of the molecule is CCCCCCCCCCCCCCCCCC(=O)OC[C@@H](O)[C@H]1OC(=O)C(O)=C1O. The van der Waals surface area contributed by atoms with E-state index >= 15 is 0 Å². The van der Waals surface area contributed by atoms with E-state index in [1.54, 1.807) is 0 Å². The van der Waals surface area contributed by atoms with Gasteiger partial charge in [-0.05, 0) is 6.42 Å². The lowest BCUT2D eigenvalue weighted by atomic mass is 10.0. The zero-order valence-electron chi connectivity index (χ0n) is 19.2. The first-order chi connectivity index (χ1) is 15.0. The summed E-state index contributed by atoms with van der Waals surface area (Å²) in [6.07, 6.45) is 16.2. The van der Waals surface area contributed by atoms with Gasteiger partial charge in [0.1, 0.15) is 12.7 Å². The Labute approximate surface area is 186 Å². The molecule has 3 N–H and O–H groups in total. The summed E-state index contributed by atoms with van der Waals surface area (Å²) in [5, 5.41) is 28.5. The van der Waals surface area contributed by atoms with Gasteiger partial charge in [-0.3, -0.25) is 4.79 Å². The number of cyclic esters (lactones) is 1. The van der Waals surface area contributed by atoms with E-state index in [0.717, 1.165) is 19.3 Å². The van der Waals surface area contributed by atoms with Crippen molar-refractivity contribution < 1.29 is 34.4 Å². The molecule has 1 rings (SSSR count). The zero-order valence-corrected chi connectivity index (χ0v) is 19.2. The molecule has 0 aliphatic carbocycles. The van der Waals surface area contributed by atoms with Crippen LogP contribution < -0.4 is 0 Å². The Balaban J connectivity index is 1.88. The van der Waals surface area contributed by atoms with Crippen LogP contribution in [0.25, 0.3) is 0 Å². The highest BCUT2D eigenvalue weighted by atomic mass is 16.6. The zero-order chi connectivity index (χ0) is 22.9. The van der Waals surface area contributed by atoms with E-state index < -0.39 is 42.3 Å². The van der Waals surface area contributed by atoms with Gasteiger partial charge in [0.05, 0.1) is 0 Å². The Morgan fingerprint density at radius 1 is 0.871 bits per heavy atom. The largest absolute Gasteiger partial charge is 0.505 e. The van der Waals surface area contributed by atoms with Crippen molar-refractivity contribution in [1.82, 2.24) is 0 Å². The molecule has 0 radical (unpaired) electrons. The molecule has 0 fully saturated rings.